The van der Waals surface area contributed by atoms with Crippen molar-refractivity contribution in [2.75, 3.05) is 18.4 Å². The Morgan fingerprint density at radius 1 is 1.19 bits per heavy atom. The van der Waals surface area contributed by atoms with Crippen molar-refractivity contribution in [3.05, 3.63) is 82.3 Å². The number of nitrogens with one attached hydrogen (secondary N) is 2. The Labute approximate surface area is 245 Å². The molecule has 4 aromatic heterocycles. The van der Waals surface area contributed by atoms with Gasteiger partial charge in [0.25, 0.3) is 0 Å². The SMILES string of the molecule is C=Cc1cc(NC2CCN(Cc3ccc4c(cc(C#N)n4Cc4cn[nH]c4)c3C)CC2)c2cc(CC(F)(F)F)sc2n1. The summed E-state index contributed by atoms with van der Waals surface area (Å²) in [6.07, 6.45) is 1.85. The Bertz CT molecular complexity index is 1790. The molecular weight excluding hydrogens is 559 g/mol. The standard InChI is InChI=1S/C31H30F3N7S/c1-3-22-10-28(27-12-25(13-31(32,33)34)42-30(27)39-22)38-23-6-8-40(9-7-23)18-21-4-5-29-26(19(21)2)11-24(14-35)41(29)17-20-15-36-37-16-20/h3-5,10-12,15-16,23H,1,6-9,13,17-18H2,2H3,(H,36,37)(H,38,39). The molecule has 216 valence electrons. The minimum Gasteiger partial charge on any atom is -0.382 e. The highest BCUT2D eigenvalue weighted by Crippen LogP contribution is 2.35. The molecule has 0 radical (unpaired) electrons. The fraction of sp³-hybridized carbons (Fsp3) is 0.323. The lowest BCUT2D eigenvalue weighted by atomic mass is 10.0. The summed E-state index contributed by atoms with van der Waals surface area (Å²) in [5.41, 5.74) is 6.54. The summed E-state index contributed by atoms with van der Waals surface area (Å²) >= 11 is 1.09. The third-order valence-electron chi connectivity index (χ3n) is 7.98. The van der Waals surface area contributed by atoms with Crippen molar-refractivity contribution in [3.63, 3.8) is 0 Å². The highest BCUT2D eigenvalue weighted by Gasteiger charge is 2.29. The highest BCUT2D eigenvalue weighted by atomic mass is 32.1. The van der Waals surface area contributed by atoms with Gasteiger partial charge < -0.3 is 9.88 Å². The Kier molecular flexibility index (Phi) is 7.51. The molecule has 0 saturated carbocycles. The van der Waals surface area contributed by atoms with Crippen LogP contribution in [0.15, 0.2) is 49.3 Å². The molecule has 1 aliphatic heterocycles. The maximum Gasteiger partial charge on any atom is 0.393 e. The molecule has 0 unspecified atom stereocenters. The monoisotopic (exact) mass is 589 g/mol. The third kappa shape index (κ3) is 5.78. The molecule has 42 heavy (non-hydrogen) atoms. The fourth-order valence-corrected chi connectivity index (χ4v) is 6.88. The van der Waals surface area contributed by atoms with E-state index >= 15 is 0 Å². The van der Waals surface area contributed by atoms with Crippen molar-refractivity contribution in [1.29, 1.82) is 5.26 Å². The van der Waals surface area contributed by atoms with Crippen molar-refractivity contribution >= 4 is 44.2 Å². The zero-order valence-electron chi connectivity index (χ0n) is 23.1. The third-order valence-corrected chi connectivity index (χ3v) is 9.01. The predicted octanol–water partition coefficient (Wildman–Crippen LogP) is 7.03. The van der Waals surface area contributed by atoms with E-state index in [-0.39, 0.29) is 10.9 Å². The van der Waals surface area contributed by atoms with Crippen molar-refractivity contribution < 1.29 is 13.2 Å². The lowest BCUT2D eigenvalue weighted by Crippen LogP contribution is -2.38. The summed E-state index contributed by atoms with van der Waals surface area (Å²) in [5, 5.41) is 22.0. The summed E-state index contributed by atoms with van der Waals surface area (Å²) in [6, 6.07) is 12.3. The molecular formula is C31H30F3N7S. The minimum absolute atomic E-state index is 0.203. The Morgan fingerprint density at radius 2 is 2.00 bits per heavy atom. The molecule has 5 aromatic rings. The van der Waals surface area contributed by atoms with E-state index in [2.05, 4.69) is 57.1 Å². The molecule has 6 rings (SSSR count). The minimum atomic E-state index is -4.26. The molecule has 0 atom stereocenters. The van der Waals surface area contributed by atoms with Gasteiger partial charge in [0.2, 0.25) is 0 Å². The van der Waals surface area contributed by atoms with E-state index in [1.165, 1.54) is 11.1 Å². The number of halogens is 3. The van der Waals surface area contributed by atoms with Gasteiger partial charge in [0.1, 0.15) is 16.6 Å². The Hall–Kier alpha value is -4.14. The maximum absolute atomic E-state index is 13.0. The van der Waals surface area contributed by atoms with Crippen LogP contribution in [0, 0.1) is 18.3 Å². The number of likely N-dealkylation sites (tertiary alicyclic amines) is 1. The molecule has 0 bridgehead atoms. The maximum atomic E-state index is 13.0. The first kappa shape index (κ1) is 28.0. The largest absolute Gasteiger partial charge is 0.393 e. The fourth-order valence-electron chi connectivity index (χ4n) is 5.79. The summed E-state index contributed by atoms with van der Waals surface area (Å²) in [4.78, 5) is 7.77. The van der Waals surface area contributed by atoms with Crippen LogP contribution in [0.2, 0.25) is 0 Å². The number of H-pyrrole nitrogens is 1. The Morgan fingerprint density at radius 3 is 2.69 bits per heavy atom. The average molecular weight is 590 g/mol. The number of pyridine rings is 1. The molecule has 1 aliphatic rings. The van der Waals surface area contributed by atoms with Gasteiger partial charge in [-0.25, -0.2) is 4.98 Å². The molecule has 1 fully saturated rings. The molecule has 2 N–H and O–H groups in total. The van der Waals surface area contributed by atoms with Crippen LogP contribution in [0.25, 0.3) is 27.2 Å². The number of alkyl halides is 3. The van der Waals surface area contributed by atoms with Crippen LogP contribution in [-0.2, 0) is 19.5 Å². The normalized spacial score (nSPS) is 14.9. The number of benzene rings is 1. The van der Waals surface area contributed by atoms with E-state index in [9.17, 15) is 18.4 Å². The van der Waals surface area contributed by atoms with Crippen LogP contribution in [0.4, 0.5) is 18.9 Å². The second-order valence-corrected chi connectivity index (χ2v) is 11.9. The molecule has 5 heterocycles. The van der Waals surface area contributed by atoms with E-state index < -0.39 is 12.6 Å². The number of fused-ring (bicyclic) bond motifs is 2. The second-order valence-electron chi connectivity index (χ2n) is 10.8. The zero-order chi connectivity index (χ0) is 29.4. The van der Waals surface area contributed by atoms with Gasteiger partial charge in [-0.15, -0.1) is 11.3 Å². The molecule has 1 aromatic carbocycles. The van der Waals surface area contributed by atoms with Crippen LogP contribution >= 0.6 is 11.3 Å². The highest BCUT2D eigenvalue weighted by molar-refractivity contribution is 7.18. The number of aromatic amines is 1. The van der Waals surface area contributed by atoms with E-state index in [1.807, 2.05) is 22.9 Å². The van der Waals surface area contributed by atoms with Crippen molar-refractivity contribution in [2.24, 2.45) is 0 Å². The lowest BCUT2D eigenvalue weighted by Gasteiger charge is -2.33. The van der Waals surface area contributed by atoms with Gasteiger partial charge >= 0.3 is 6.18 Å². The summed E-state index contributed by atoms with van der Waals surface area (Å²) in [5.74, 6) is 0. The van der Waals surface area contributed by atoms with Crippen molar-refractivity contribution in [3.8, 4) is 6.07 Å². The number of nitriles is 1. The van der Waals surface area contributed by atoms with Crippen molar-refractivity contribution in [1.82, 2.24) is 24.6 Å². The van der Waals surface area contributed by atoms with E-state index in [4.69, 9.17) is 0 Å². The number of nitrogens with zero attached hydrogens (tertiary/aromatic N) is 5. The lowest BCUT2D eigenvalue weighted by molar-refractivity contribution is -0.126. The van der Waals surface area contributed by atoms with Crippen molar-refractivity contribution in [2.45, 2.75) is 51.5 Å². The molecule has 0 amide bonds. The van der Waals surface area contributed by atoms with Gasteiger partial charge in [-0.3, -0.25) is 10.00 Å². The molecule has 7 nitrogen and oxygen atoms in total. The van der Waals surface area contributed by atoms with E-state index in [1.54, 1.807) is 18.3 Å². The van der Waals surface area contributed by atoms with E-state index in [0.717, 1.165) is 71.4 Å². The number of hydrogen-bond donors (Lipinski definition) is 2. The number of thiophene rings is 1. The zero-order valence-corrected chi connectivity index (χ0v) is 23.9. The average Bonchev–Trinajstić information content (AvgIpc) is 3.70. The second kappa shape index (κ2) is 11.3. The van der Waals surface area contributed by atoms with E-state index in [0.29, 0.717) is 22.8 Å². The summed E-state index contributed by atoms with van der Waals surface area (Å²) in [6.45, 7) is 9.10. The van der Waals surface area contributed by atoms with Gasteiger partial charge in [-0.2, -0.15) is 23.5 Å². The quantitative estimate of drug-likeness (QED) is 0.203. The first-order valence-corrected chi connectivity index (χ1v) is 14.6. The number of hydrogen-bond acceptors (Lipinski definition) is 6. The number of aromatic nitrogens is 4. The van der Waals surface area contributed by atoms with Crippen LogP contribution in [0.3, 0.4) is 0 Å². The molecule has 0 spiro atoms. The molecule has 1 saturated heterocycles. The van der Waals surface area contributed by atoms with Gasteiger partial charge in [-0.1, -0.05) is 12.6 Å². The van der Waals surface area contributed by atoms with Crippen LogP contribution in [-0.4, -0.2) is 50.0 Å². The number of piperidine rings is 1. The smallest absolute Gasteiger partial charge is 0.382 e. The summed E-state index contributed by atoms with van der Waals surface area (Å²) < 4.78 is 41.1. The van der Waals surface area contributed by atoms with Crippen LogP contribution in [0.1, 0.15) is 45.8 Å². The van der Waals surface area contributed by atoms with Gasteiger partial charge in [-0.05, 0) is 61.2 Å². The molecule has 0 aliphatic carbocycles. The first-order chi connectivity index (χ1) is 20.2. The predicted molar refractivity (Wildman–Crippen MR) is 160 cm³/mol. The Balaban J connectivity index is 1.14. The molecule has 11 heteroatoms. The topological polar surface area (TPSA) is 85.6 Å². The van der Waals surface area contributed by atoms with Crippen LogP contribution in [0.5, 0.6) is 0 Å². The first-order valence-electron chi connectivity index (χ1n) is 13.8. The van der Waals surface area contributed by atoms with Gasteiger partial charge in [0.05, 0.1) is 24.9 Å². The number of rotatable bonds is 8. The van der Waals surface area contributed by atoms with Gasteiger partial charge in [0.15, 0.2) is 0 Å². The number of aryl methyl sites for hydroxylation is 1. The number of anilines is 1. The van der Waals surface area contributed by atoms with Crippen LogP contribution < -0.4 is 5.32 Å². The summed E-state index contributed by atoms with van der Waals surface area (Å²) in [7, 11) is 0. The van der Waals surface area contributed by atoms with Gasteiger partial charge in [0, 0.05) is 64.3 Å².